The molecule has 2 aromatic rings. The molecule has 122 valence electrons. The van der Waals surface area contributed by atoms with Crippen molar-refractivity contribution in [1.82, 2.24) is 9.88 Å². The predicted octanol–water partition coefficient (Wildman–Crippen LogP) is 2.13. The number of nitrogens with one attached hydrogen (secondary N) is 1. The number of hydrogen-bond acceptors (Lipinski definition) is 3. The molecule has 1 amide bonds. The average Bonchev–Trinajstić information content (AvgIpc) is 3.02. The number of ether oxygens (including phenoxy) is 1. The van der Waals surface area contributed by atoms with Crippen LogP contribution in [0.2, 0.25) is 0 Å². The molecule has 1 aromatic carbocycles. The molecule has 1 atom stereocenters. The van der Waals surface area contributed by atoms with Crippen LogP contribution < -0.4 is 5.32 Å². The topological polar surface area (TPSA) is 60.3 Å². The lowest BCUT2D eigenvalue weighted by atomic mass is 10.1. The van der Waals surface area contributed by atoms with E-state index in [4.69, 9.17) is 4.74 Å². The summed E-state index contributed by atoms with van der Waals surface area (Å²) in [6, 6.07) is 11.3. The lowest BCUT2D eigenvalue weighted by Gasteiger charge is -2.25. The summed E-state index contributed by atoms with van der Waals surface area (Å²) >= 11 is 0. The number of fused-ring (bicyclic) bond motifs is 1. The van der Waals surface area contributed by atoms with Gasteiger partial charge < -0.3 is 14.6 Å². The Bertz CT molecular complexity index is 812. The van der Waals surface area contributed by atoms with Gasteiger partial charge >= 0.3 is 5.97 Å². The van der Waals surface area contributed by atoms with Crippen LogP contribution in [0.25, 0.3) is 0 Å². The van der Waals surface area contributed by atoms with E-state index >= 15 is 0 Å². The SMILES string of the molecule is CCOC(=O)CC1CNC(=O)c2cc(C#Cc3ccccc3)cn21. The highest BCUT2D eigenvalue weighted by molar-refractivity contribution is 5.94. The van der Waals surface area contributed by atoms with Crippen molar-refractivity contribution in [1.29, 1.82) is 0 Å². The average molecular weight is 322 g/mol. The number of rotatable bonds is 3. The number of hydrogen-bond donors (Lipinski definition) is 1. The normalized spacial score (nSPS) is 15.7. The highest BCUT2D eigenvalue weighted by atomic mass is 16.5. The molecule has 1 unspecified atom stereocenters. The number of nitrogens with zero attached hydrogens (tertiary/aromatic N) is 1. The molecule has 2 heterocycles. The second kappa shape index (κ2) is 7.05. The Morgan fingerprint density at radius 3 is 2.79 bits per heavy atom. The van der Waals surface area contributed by atoms with Crippen LogP contribution in [0.5, 0.6) is 0 Å². The maximum absolute atomic E-state index is 12.0. The summed E-state index contributed by atoms with van der Waals surface area (Å²) in [7, 11) is 0. The van der Waals surface area contributed by atoms with Crippen molar-refractivity contribution in [3.05, 3.63) is 59.4 Å². The van der Waals surface area contributed by atoms with E-state index in [-0.39, 0.29) is 24.3 Å². The third kappa shape index (κ3) is 3.49. The van der Waals surface area contributed by atoms with Crippen molar-refractivity contribution in [3.63, 3.8) is 0 Å². The summed E-state index contributed by atoms with van der Waals surface area (Å²) < 4.78 is 6.83. The lowest BCUT2D eigenvalue weighted by Crippen LogP contribution is -2.39. The standard InChI is InChI=1S/C19H18N2O3/c1-2-24-18(22)11-16-12-20-19(23)17-10-15(13-21(16)17)9-8-14-6-4-3-5-7-14/h3-7,10,13,16H,2,11-12H2,1H3,(H,20,23). The van der Waals surface area contributed by atoms with Crippen molar-refractivity contribution in [2.75, 3.05) is 13.2 Å². The molecule has 0 saturated heterocycles. The van der Waals surface area contributed by atoms with Crippen LogP contribution in [0.4, 0.5) is 0 Å². The van der Waals surface area contributed by atoms with E-state index < -0.39 is 0 Å². The quantitative estimate of drug-likeness (QED) is 0.695. The van der Waals surface area contributed by atoms with Gasteiger partial charge in [0, 0.05) is 23.9 Å². The number of benzene rings is 1. The summed E-state index contributed by atoms with van der Waals surface area (Å²) in [6.45, 7) is 2.54. The van der Waals surface area contributed by atoms with Gasteiger partial charge in [-0.2, -0.15) is 0 Å². The second-order valence-electron chi connectivity index (χ2n) is 5.51. The smallest absolute Gasteiger partial charge is 0.307 e. The Morgan fingerprint density at radius 2 is 2.04 bits per heavy atom. The van der Waals surface area contributed by atoms with E-state index in [1.54, 1.807) is 13.0 Å². The van der Waals surface area contributed by atoms with Gasteiger partial charge in [-0.15, -0.1) is 0 Å². The Balaban J connectivity index is 1.85. The maximum Gasteiger partial charge on any atom is 0.307 e. The molecule has 1 aromatic heterocycles. The van der Waals surface area contributed by atoms with E-state index in [1.165, 1.54) is 0 Å². The van der Waals surface area contributed by atoms with Gasteiger partial charge in [0.2, 0.25) is 0 Å². The van der Waals surface area contributed by atoms with Gasteiger partial charge in [0.25, 0.3) is 5.91 Å². The zero-order chi connectivity index (χ0) is 16.9. The summed E-state index contributed by atoms with van der Waals surface area (Å²) in [5.74, 6) is 5.73. The Morgan fingerprint density at radius 1 is 1.29 bits per heavy atom. The number of amides is 1. The molecular weight excluding hydrogens is 304 g/mol. The molecule has 1 N–H and O–H groups in total. The number of carbonyl (C=O) groups is 2. The molecule has 3 rings (SSSR count). The van der Waals surface area contributed by atoms with Gasteiger partial charge in [0.05, 0.1) is 19.1 Å². The molecule has 5 nitrogen and oxygen atoms in total. The van der Waals surface area contributed by atoms with E-state index in [0.717, 1.165) is 11.1 Å². The minimum absolute atomic E-state index is 0.149. The number of esters is 1. The first-order chi connectivity index (χ1) is 11.7. The lowest BCUT2D eigenvalue weighted by molar-refractivity contribution is -0.144. The van der Waals surface area contributed by atoms with Crippen LogP contribution in [0.15, 0.2) is 42.6 Å². The van der Waals surface area contributed by atoms with Crippen LogP contribution in [0.1, 0.15) is 41.0 Å². The van der Waals surface area contributed by atoms with Gasteiger partial charge in [-0.05, 0) is 25.1 Å². The van der Waals surface area contributed by atoms with E-state index in [9.17, 15) is 9.59 Å². The third-order valence-corrected chi connectivity index (χ3v) is 3.81. The van der Waals surface area contributed by atoms with Crippen molar-refractivity contribution >= 4 is 11.9 Å². The predicted molar refractivity (Wildman–Crippen MR) is 89.5 cm³/mol. The highest BCUT2D eigenvalue weighted by Crippen LogP contribution is 2.22. The number of aromatic nitrogens is 1. The summed E-state index contributed by atoms with van der Waals surface area (Å²) in [5, 5.41) is 2.81. The van der Waals surface area contributed by atoms with Crippen LogP contribution in [-0.4, -0.2) is 29.6 Å². The molecule has 0 radical (unpaired) electrons. The molecular formula is C19H18N2O3. The number of carbonyl (C=O) groups excluding carboxylic acids is 2. The van der Waals surface area contributed by atoms with Crippen LogP contribution in [0, 0.1) is 11.8 Å². The maximum atomic E-state index is 12.0. The second-order valence-corrected chi connectivity index (χ2v) is 5.51. The van der Waals surface area contributed by atoms with E-state index in [2.05, 4.69) is 17.2 Å². The minimum Gasteiger partial charge on any atom is -0.466 e. The minimum atomic E-state index is -0.268. The molecule has 0 saturated carbocycles. The fraction of sp³-hybridized carbons (Fsp3) is 0.263. The first-order valence-electron chi connectivity index (χ1n) is 7.90. The fourth-order valence-corrected chi connectivity index (χ4v) is 2.68. The van der Waals surface area contributed by atoms with Crippen molar-refractivity contribution in [2.45, 2.75) is 19.4 Å². The zero-order valence-electron chi connectivity index (χ0n) is 13.4. The molecule has 0 aliphatic carbocycles. The first kappa shape index (κ1) is 15.9. The summed E-state index contributed by atoms with van der Waals surface area (Å²) in [5.41, 5.74) is 2.18. The summed E-state index contributed by atoms with van der Waals surface area (Å²) in [4.78, 5) is 23.8. The van der Waals surface area contributed by atoms with Gasteiger partial charge in [0.1, 0.15) is 5.69 Å². The molecule has 5 heteroatoms. The monoisotopic (exact) mass is 322 g/mol. The van der Waals surface area contributed by atoms with Crippen LogP contribution >= 0.6 is 0 Å². The fourth-order valence-electron chi connectivity index (χ4n) is 2.68. The van der Waals surface area contributed by atoms with Crippen molar-refractivity contribution in [2.24, 2.45) is 0 Å². The zero-order valence-corrected chi connectivity index (χ0v) is 13.4. The molecule has 0 spiro atoms. The van der Waals surface area contributed by atoms with Gasteiger partial charge in [-0.25, -0.2) is 0 Å². The van der Waals surface area contributed by atoms with Crippen molar-refractivity contribution in [3.8, 4) is 11.8 Å². The van der Waals surface area contributed by atoms with E-state index in [1.807, 2.05) is 41.1 Å². The molecule has 1 aliphatic heterocycles. The van der Waals surface area contributed by atoms with Gasteiger partial charge in [0.15, 0.2) is 0 Å². The van der Waals surface area contributed by atoms with Gasteiger partial charge in [-0.3, -0.25) is 9.59 Å². The van der Waals surface area contributed by atoms with Crippen LogP contribution in [-0.2, 0) is 9.53 Å². The van der Waals surface area contributed by atoms with Crippen LogP contribution in [0.3, 0.4) is 0 Å². The van der Waals surface area contributed by atoms with E-state index in [0.29, 0.717) is 18.8 Å². The molecule has 0 bridgehead atoms. The van der Waals surface area contributed by atoms with Crippen molar-refractivity contribution < 1.29 is 14.3 Å². The summed E-state index contributed by atoms with van der Waals surface area (Å²) in [6.07, 6.45) is 2.05. The highest BCUT2D eigenvalue weighted by Gasteiger charge is 2.27. The van der Waals surface area contributed by atoms with Gasteiger partial charge in [-0.1, -0.05) is 30.0 Å². The third-order valence-electron chi connectivity index (χ3n) is 3.81. The molecule has 0 fully saturated rings. The Labute approximate surface area is 140 Å². The molecule has 1 aliphatic rings. The Hall–Kier alpha value is -3.00. The Kier molecular flexibility index (Phi) is 4.66. The largest absolute Gasteiger partial charge is 0.466 e. The molecule has 24 heavy (non-hydrogen) atoms. The first-order valence-corrected chi connectivity index (χ1v) is 7.90.